The smallest absolute Gasteiger partial charge is 0.268 e. The topological polar surface area (TPSA) is 108 Å². The van der Waals surface area contributed by atoms with Gasteiger partial charge in [0, 0.05) is 6.42 Å². The minimum absolute atomic E-state index is 0.0156. The second kappa shape index (κ2) is 59.8. The molecule has 0 bridgehead atoms. The number of amides is 1. The largest absolute Gasteiger partial charge is 0.756 e. The van der Waals surface area contributed by atoms with Crippen molar-refractivity contribution in [3.63, 3.8) is 0 Å². The number of allylic oxidation sites excluding steroid dienone is 2. The van der Waals surface area contributed by atoms with Crippen LogP contribution in [0, 0.1) is 0 Å². The van der Waals surface area contributed by atoms with Crippen molar-refractivity contribution in [2.75, 3.05) is 40.9 Å². The van der Waals surface area contributed by atoms with E-state index in [2.05, 4.69) is 31.3 Å². The Morgan fingerprint density at radius 3 is 1.01 bits per heavy atom. The van der Waals surface area contributed by atoms with Gasteiger partial charge in [0.25, 0.3) is 7.82 Å². The van der Waals surface area contributed by atoms with Crippen molar-refractivity contribution >= 4 is 13.7 Å². The zero-order valence-electron chi connectivity index (χ0n) is 52.7. The number of phosphoric acid groups is 1. The van der Waals surface area contributed by atoms with Gasteiger partial charge in [0.15, 0.2) is 0 Å². The second-order valence-corrected chi connectivity index (χ2v) is 26.7. The molecule has 0 heterocycles. The molecule has 0 aliphatic rings. The maximum Gasteiger partial charge on any atom is 0.268 e. The highest BCUT2D eigenvalue weighted by Gasteiger charge is 2.24. The third-order valence-corrected chi connectivity index (χ3v) is 17.2. The van der Waals surface area contributed by atoms with E-state index in [-0.39, 0.29) is 19.1 Å². The molecule has 2 N–H and O–H groups in total. The minimum atomic E-state index is -4.58. The van der Waals surface area contributed by atoms with Crippen LogP contribution in [0.1, 0.15) is 367 Å². The monoisotopic (exact) mass is 1110 g/mol. The fourth-order valence-electron chi connectivity index (χ4n) is 10.9. The molecule has 77 heavy (non-hydrogen) atoms. The highest BCUT2D eigenvalue weighted by atomic mass is 31.2. The standard InChI is InChI=1S/C68H137N2O6P/c1-6-8-10-12-14-16-18-20-22-24-26-28-30-31-32-33-34-35-36-37-38-40-42-44-46-48-50-52-54-56-58-60-62-68(72)69-66(65-76-77(73,74)75-64-63-70(3,4)5)67(71)61-59-57-55-53-51-49-47-45-43-41-39-29-27-25-23-21-19-17-15-13-11-9-7-2/h31-32,66-67,71H,6-30,33-65H2,1-5H3,(H-,69,72,73,74)/b32-31-. The van der Waals surface area contributed by atoms with E-state index in [1.54, 1.807) is 0 Å². The molecule has 0 aliphatic carbocycles. The van der Waals surface area contributed by atoms with Crippen LogP contribution in [0.2, 0.25) is 0 Å². The van der Waals surface area contributed by atoms with E-state index in [1.165, 1.54) is 302 Å². The van der Waals surface area contributed by atoms with Gasteiger partial charge in [-0.15, -0.1) is 0 Å². The van der Waals surface area contributed by atoms with E-state index < -0.39 is 20.0 Å². The average molecular weight is 1110 g/mol. The lowest BCUT2D eigenvalue weighted by atomic mass is 10.0. The van der Waals surface area contributed by atoms with Gasteiger partial charge in [0.2, 0.25) is 5.91 Å². The molecule has 0 spiro atoms. The Hall–Kier alpha value is -0.760. The van der Waals surface area contributed by atoms with E-state index in [0.29, 0.717) is 23.9 Å². The Kier molecular flexibility index (Phi) is 59.3. The number of hydrogen-bond donors (Lipinski definition) is 2. The van der Waals surface area contributed by atoms with Crippen molar-refractivity contribution in [2.24, 2.45) is 0 Å². The summed E-state index contributed by atoms with van der Waals surface area (Å²) in [6.07, 6.45) is 75.7. The predicted octanol–water partition coefficient (Wildman–Crippen LogP) is 21.1. The number of aliphatic hydroxyl groups excluding tert-OH is 1. The molecule has 1 amide bonds. The quantitative estimate of drug-likeness (QED) is 0.0272. The Bertz CT molecular complexity index is 1260. The van der Waals surface area contributed by atoms with Crippen LogP contribution in [-0.2, 0) is 18.4 Å². The van der Waals surface area contributed by atoms with Crippen molar-refractivity contribution in [3.8, 4) is 0 Å². The number of nitrogens with one attached hydrogen (secondary N) is 1. The van der Waals surface area contributed by atoms with Gasteiger partial charge in [-0.1, -0.05) is 334 Å². The Morgan fingerprint density at radius 2 is 0.714 bits per heavy atom. The van der Waals surface area contributed by atoms with Gasteiger partial charge in [-0.25, -0.2) is 0 Å². The third kappa shape index (κ3) is 62.7. The first-order valence-electron chi connectivity index (χ1n) is 34.5. The van der Waals surface area contributed by atoms with E-state index in [9.17, 15) is 19.4 Å². The van der Waals surface area contributed by atoms with Crippen molar-refractivity contribution in [3.05, 3.63) is 12.2 Å². The van der Waals surface area contributed by atoms with Gasteiger partial charge in [0.05, 0.1) is 39.9 Å². The number of hydrogen-bond acceptors (Lipinski definition) is 6. The minimum Gasteiger partial charge on any atom is -0.756 e. The number of carbonyl (C=O) groups excluding carboxylic acids is 1. The van der Waals surface area contributed by atoms with Crippen LogP contribution in [-0.4, -0.2) is 68.5 Å². The summed E-state index contributed by atoms with van der Waals surface area (Å²) in [5.74, 6) is -0.156. The molecule has 0 radical (unpaired) electrons. The Morgan fingerprint density at radius 1 is 0.442 bits per heavy atom. The maximum absolute atomic E-state index is 13.0. The number of nitrogens with zero attached hydrogens (tertiary/aromatic N) is 1. The molecule has 9 heteroatoms. The Labute approximate surface area is 482 Å². The molecule has 8 nitrogen and oxygen atoms in total. The lowest BCUT2D eigenvalue weighted by molar-refractivity contribution is -0.870. The molecule has 0 fully saturated rings. The summed E-state index contributed by atoms with van der Waals surface area (Å²) in [4.78, 5) is 25.6. The van der Waals surface area contributed by atoms with Gasteiger partial charge in [0.1, 0.15) is 13.2 Å². The van der Waals surface area contributed by atoms with Crippen LogP contribution < -0.4 is 10.2 Å². The predicted molar refractivity (Wildman–Crippen MR) is 335 cm³/mol. The Balaban J connectivity index is 3.99. The summed E-state index contributed by atoms with van der Waals surface area (Å²) >= 11 is 0. The lowest BCUT2D eigenvalue weighted by Crippen LogP contribution is -2.46. The second-order valence-electron chi connectivity index (χ2n) is 25.2. The van der Waals surface area contributed by atoms with E-state index in [4.69, 9.17) is 9.05 Å². The number of unbranched alkanes of at least 4 members (excludes halogenated alkanes) is 50. The molecule has 0 aromatic carbocycles. The van der Waals surface area contributed by atoms with Crippen LogP contribution in [0.25, 0.3) is 0 Å². The molecule has 0 aromatic heterocycles. The van der Waals surface area contributed by atoms with E-state index in [1.807, 2.05) is 21.1 Å². The van der Waals surface area contributed by atoms with Crippen molar-refractivity contribution in [1.82, 2.24) is 5.32 Å². The summed E-state index contributed by atoms with van der Waals surface area (Å²) in [5.41, 5.74) is 0. The summed E-state index contributed by atoms with van der Waals surface area (Å²) in [6.45, 7) is 4.79. The van der Waals surface area contributed by atoms with Crippen molar-refractivity contribution < 1.29 is 32.9 Å². The summed E-state index contributed by atoms with van der Waals surface area (Å²) in [6, 6.07) is -0.798. The zero-order chi connectivity index (χ0) is 56.3. The van der Waals surface area contributed by atoms with Gasteiger partial charge >= 0.3 is 0 Å². The summed E-state index contributed by atoms with van der Waals surface area (Å²) < 4.78 is 23.5. The van der Waals surface area contributed by atoms with Gasteiger partial charge in [-0.2, -0.15) is 0 Å². The SMILES string of the molecule is CCCCCCCCCCCCCC/C=C\CCCCCCCCCCCCCCCCCCC(=O)NC(COP(=O)([O-])OCC[N+](C)(C)C)C(O)CCCCCCCCCCCCCCCCCCCCCCCCC. The highest BCUT2D eigenvalue weighted by molar-refractivity contribution is 7.45. The van der Waals surface area contributed by atoms with Gasteiger partial charge in [-0.05, 0) is 38.5 Å². The van der Waals surface area contributed by atoms with Gasteiger partial charge in [-0.3, -0.25) is 9.36 Å². The van der Waals surface area contributed by atoms with Crippen LogP contribution >= 0.6 is 7.82 Å². The summed E-state index contributed by atoms with van der Waals surface area (Å²) in [5, 5.41) is 14.1. The first-order valence-corrected chi connectivity index (χ1v) is 36.0. The average Bonchev–Trinajstić information content (AvgIpc) is 3.39. The van der Waals surface area contributed by atoms with Crippen LogP contribution in [0.15, 0.2) is 12.2 Å². The number of carbonyl (C=O) groups is 1. The van der Waals surface area contributed by atoms with Crippen molar-refractivity contribution in [1.29, 1.82) is 0 Å². The third-order valence-electron chi connectivity index (χ3n) is 16.3. The molecule has 0 aromatic rings. The normalized spacial score (nSPS) is 13.7. The van der Waals surface area contributed by atoms with Crippen LogP contribution in [0.3, 0.4) is 0 Å². The molecule has 0 saturated heterocycles. The van der Waals surface area contributed by atoms with Crippen molar-refractivity contribution in [2.45, 2.75) is 379 Å². The van der Waals surface area contributed by atoms with Crippen LogP contribution in [0.4, 0.5) is 0 Å². The molecule has 3 unspecified atom stereocenters. The molecule has 0 aliphatic heterocycles. The fourth-order valence-corrected chi connectivity index (χ4v) is 11.6. The number of phosphoric ester groups is 1. The molecule has 0 rings (SSSR count). The molecule has 0 saturated carbocycles. The first kappa shape index (κ1) is 76.2. The number of likely N-dealkylation sites (N-methyl/N-ethyl adjacent to an activating group) is 1. The highest BCUT2D eigenvalue weighted by Crippen LogP contribution is 2.38. The van der Waals surface area contributed by atoms with Gasteiger partial charge < -0.3 is 28.8 Å². The molecule has 460 valence electrons. The molecular formula is C68H137N2O6P. The molecule has 3 atom stereocenters. The first-order chi connectivity index (χ1) is 37.5. The summed E-state index contributed by atoms with van der Waals surface area (Å²) in [7, 11) is 1.33. The van der Waals surface area contributed by atoms with E-state index >= 15 is 0 Å². The molecular weight excluding hydrogens is 972 g/mol. The number of quaternary nitrogens is 1. The number of rotatable bonds is 65. The fraction of sp³-hybridized carbons (Fsp3) is 0.956. The number of aliphatic hydroxyl groups is 1. The van der Waals surface area contributed by atoms with E-state index in [0.717, 1.165) is 38.5 Å². The maximum atomic E-state index is 13.0. The lowest BCUT2D eigenvalue weighted by Gasteiger charge is -2.30. The van der Waals surface area contributed by atoms with Crippen LogP contribution in [0.5, 0.6) is 0 Å². The zero-order valence-corrected chi connectivity index (χ0v) is 53.6.